The molecule has 0 radical (unpaired) electrons. The van der Waals surface area contributed by atoms with Crippen LogP contribution in [0.25, 0.3) is 11.0 Å². The van der Waals surface area contributed by atoms with Gasteiger partial charge in [0.2, 0.25) is 5.95 Å². The predicted molar refractivity (Wildman–Crippen MR) is 93.2 cm³/mol. The molecule has 1 N–H and O–H groups in total. The first-order chi connectivity index (χ1) is 11.2. The van der Waals surface area contributed by atoms with Crippen molar-refractivity contribution >= 4 is 17.0 Å². The van der Waals surface area contributed by atoms with Gasteiger partial charge in [-0.15, -0.1) is 0 Å². The van der Waals surface area contributed by atoms with Gasteiger partial charge in [0, 0.05) is 31.1 Å². The van der Waals surface area contributed by atoms with Crippen LogP contribution < -0.4 is 10.1 Å². The van der Waals surface area contributed by atoms with E-state index in [-0.39, 0.29) is 0 Å². The molecule has 1 aromatic heterocycles. The molecule has 0 aliphatic carbocycles. The summed E-state index contributed by atoms with van der Waals surface area (Å²) in [7, 11) is 4.26. The van der Waals surface area contributed by atoms with Crippen LogP contribution in [0.15, 0.2) is 12.1 Å². The lowest BCUT2D eigenvalue weighted by atomic mass is 9.95. The summed E-state index contributed by atoms with van der Waals surface area (Å²) in [5.41, 5.74) is 3.72. The number of nitrogens with zero attached hydrogens (tertiary/aromatic N) is 3. The van der Waals surface area contributed by atoms with Gasteiger partial charge in [0.05, 0.1) is 17.6 Å². The van der Waals surface area contributed by atoms with Crippen molar-refractivity contribution in [2.75, 3.05) is 39.1 Å². The summed E-state index contributed by atoms with van der Waals surface area (Å²) in [6.07, 6.45) is 2.27. The average Bonchev–Trinajstić information content (AvgIpc) is 2.92. The van der Waals surface area contributed by atoms with Gasteiger partial charge in [0.25, 0.3) is 0 Å². The zero-order valence-corrected chi connectivity index (χ0v) is 14.3. The standard InChI is InChI=1S/C18H26N4O/c1-4-12-8-19-18-20-15-5-6-16-14(17(15)22(18)10-12)7-13(11-23-16)9-21(2)3/h5-6,12-13H,4,7-11H2,1-3H3,(H,19,20). The molecule has 0 amide bonds. The van der Waals surface area contributed by atoms with Gasteiger partial charge in [0.15, 0.2) is 0 Å². The van der Waals surface area contributed by atoms with Crippen LogP contribution >= 0.6 is 0 Å². The number of hydrogen-bond donors (Lipinski definition) is 1. The van der Waals surface area contributed by atoms with Crippen molar-refractivity contribution in [1.82, 2.24) is 14.5 Å². The number of nitrogens with one attached hydrogen (secondary N) is 1. The van der Waals surface area contributed by atoms with E-state index in [1.807, 2.05) is 0 Å². The lowest BCUT2D eigenvalue weighted by Gasteiger charge is -2.29. The Morgan fingerprint density at radius 3 is 3.00 bits per heavy atom. The lowest BCUT2D eigenvalue weighted by molar-refractivity contribution is 0.189. The fourth-order valence-electron chi connectivity index (χ4n) is 3.94. The summed E-state index contributed by atoms with van der Waals surface area (Å²) >= 11 is 0. The number of fused-ring (bicyclic) bond motifs is 5. The molecule has 0 saturated heterocycles. The van der Waals surface area contributed by atoms with Crippen LogP contribution in [0.2, 0.25) is 0 Å². The smallest absolute Gasteiger partial charge is 0.203 e. The number of aromatic nitrogens is 2. The molecule has 0 bridgehead atoms. The molecule has 5 nitrogen and oxygen atoms in total. The molecule has 0 saturated carbocycles. The second-order valence-electron chi connectivity index (χ2n) is 7.25. The van der Waals surface area contributed by atoms with E-state index in [1.54, 1.807) is 0 Å². The fraction of sp³-hybridized carbons (Fsp3) is 0.611. The summed E-state index contributed by atoms with van der Waals surface area (Å²) in [6.45, 7) is 6.23. The monoisotopic (exact) mass is 314 g/mol. The number of hydrogen-bond acceptors (Lipinski definition) is 4. The van der Waals surface area contributed by atoms with Gasteiger partial charge < -0.3 is 19.5 Å². The number of benzene rings is 1. The molecular weight excluding hydrogens is 288 g/mol. The molecule has 2 aliphatic heterocycles. The van der Waals surface area contributed by atoms with Crippen molar-refractivity contribution in [2.45, 2.75) is 26.3 Å². The maximum Gasteiger partial charge on any atom is 0.203 e. The second-order valence-corrected chi connectivity index (χ2v) is 7.25. The first-order valence-electron chi connectivity index (χ1n) is 8.69. The van der Waals surface area contributed by atoms with Gasteiger partial charge >= 0.3 is 0 Å². The SMILES string of the molecule is CCC1CNc2nc3ccc4c(c3n2C1)CC(CN(C)C)CO4. The Balaban J connectivity index is 1.77. The van der Waals surface area contributed by atoms with Gasteiger partial charge in [-0.3, -0.25) is 0 Å². The molecule has 23 heavy (non-hydrogen) atoms. The highest BCUT2D eigenvalue weighted by Crippen LogP contribution is 2.37. The van der Waals surface area contributed by atoms with Crippen molar-refractivity contribution in [3.05, 3.63) is 17.7 Å². The second kappa shape index (κ2) is 5.71. The normalized spacial score (nSPS) is 23.3. The highest BCUT2D eigenvalue weighted by atomic mass is 16.5. The van der Waals surface area contributed by atoms with E-state index in [4.69, 9.17) is 9.72 Å². The fourth-order valence-corrected chi connectivity index (χ4v) is 3.94. The number of rotatable bonds is 3. The molecular formula is C18H26N4O. The first-order valence-corrected chi connectivity index (χ1v) is 8.69. The Labute approximate surface area is 137 Å². The van der Waals surface area contributed by atoms with Crippen molar-refractivity contribution in [2.24, 2.45) is 11.8 Å². The van der Waals surface area contributed by atoms with Crippen LogP contribution in [0.3, 0.4) is 0 Å². The van der Waals surface area contributed by atoms with E-state index in [1.165, 1.54) is 17.5 Å². The largest absolute Gasteiger partial charge is 0.493 e. The van der Waals surface area contributed by atoms with Crippen LogP contribution in [0.4, 0.5) is 5.95 Å². The maximum atomic E-state index is 6.07. The van der Waals surface area contributed by atoms with Crippen LogP contribution in [-0.2, 0) is 13.0 Å². The van der Waals surface area contributed by atoms with E-state index in [9.17, 15) is 0 Å². The molecule has 0 fully saturated rings. The van der Waals surface area contributed by atoms with Gasteiger partial charge in [-0.1, -0.05) is 6.92 Å². The average molecular weight is 314 g/mol. The van der Waals surface area contributed by atoms with Gasteiger partial charge in [-0.25, -0.2) is 4.98 Å². The minimum absolute atomic E-state index is 0.549. The quantitative estimate of drug-likeness (QED) is 0.945. The highest BCUT2D eigenvalue weighted by Gasteiger charge is 2.27. The first kappa shape index (κ1) is 14.8. The third-order valence-electron chi connectivity index (χ3n) is 5.13. The zero-order valence-electron chi connectivity index (χ0n) is 14.3. The summed E-state index contributed by atoms with van der Waals surface area (Å²) in [5, 5.41) is 3.51. The minimum atomic E-state index is 0.549. The number of ether oxygens (including phenoxy) is 1. The Morgan fingerprint density at radius 2 is 2.22 bits per heavy atom. The van der Waals surface area contributed by atoms with Crippen LogP contribution in [0.1, 0.15) is 18.9 Å². The summed E-state index contributed by atoms with van der Waals surface area (Å²) < 4.78 is 8.45. The summed E-state index contributed by atoms with van der Waals surface area (Å²) in [4.78, 5) is 7.05. The maximum absolute atomic E-state index is 6.07. The minimum Gasteiger partial charge on any atom is -0.493 e. The summed E-state index contributed by atoms with van der Waals surface area (Å²) in [5.74, 6) is 3.30. The predicted octanol–water partition coefficient (Wildman–Crippen LogP) is 2.60. The Kier molecular flexibility index (Phi) is 3.68. The Morgan fingerprint density at radius 1 is 1.35 bits per heavy atom. The molecule has 3 heterocycles. The molecule has 124 valence electrons. The van der Waals surface area contributed by atoms with E-state index in [0.717, 1.165) is 49.9 Å². The molecule has 2 atom stereocenters. The van der Waals surface area contributed by atoms with Gasteiger partial charge in [0.1, 0.15) is 5.75 Å². The Hall–Kier alpha value is -1.75. The van der Waals surface area contributed by atoms with Crippen molar-refractivity contribution < 1.29 is 4.74 Å². The Bertz CT molecular complexity index is 721. The molecule has 1 aromatic carbocycles. The van der Waals surface area contributed by atoms with Crippen LogP contribution in [-0.4, -0.2) is 48.2 Å². The summed E-state index contributed by atoms with van der Waals surface area (Å²) in [6, 6.07) is 4.20. The topological polar surface area (TPSA) is 42.3 Å². The molecule has 5 heteroatoms. The van der Waals surface area contributed by atoms with E-state index >= 15 is 0 Å². The third kappa shape index (κ3) is 2.57. The van der Waals surface area contributed by atoms with Gasteiger partial charge in [-0.2, -0.15) is 0 Å². The molecule has 0 spiro atoms. The van der Waals surface area contributed by atoms with E-state index in [0.29, 0.717) is 11.8 Å². The highest BCUT2D eigenvalue weighted by molar-refractivity contribution is 5.85. The molecule has 4 rings (SSSR count). The number of anilines is 1. The van der Waals surface area contributed by atoms with E-state index in [2.05, 4.69) is 47.9 Å². The van der Waals surface area contributed by atoms with E-state index < -0.39 is 0 Å². The lowest BCUT2D eigenvalue weighted by Crippen LogP contribution is -2.31. The van der Waals surface area contributed by atoms with Crippen molar-refractivity contribution in [3.63, 3.8) is 0 Å². The van der Waals surface area contributed by atoms with Crippen LogP contribution in [0.5, 0.6) is 5.75 Å². The number of imidazole rings is 1. The van der Waals surface area contributed by atoms with Crippen molar-refractivity contribution in [1.29, 1.82) is 0 Å². The molecule has 2 unspecified atom stereocenters. The molecule has 2 aliphatic rings. The zero-order chi connectivity index (χ0) is 16.0. The van der Waals surface area contributed by atoms with Crippen molar-refractivity contribution in [3.8, 4) is 5.75 Å². The van der Waals surface area contributed by atoms with Crippen LogP contribution in [0, 0.1) is 11.8 Å². The molecule has 2 aromatic rings. The van der Waals surface area contributed by atoms with Gasteiger partial charge in [-0.05, 0) is 45.0 Å². The third-order valence-corrected chi connectivity index (χ3v) is 5.13.